The van der Waals surface area contributed by atoms with Crippen molar-refractivity contribution in [2.45, 2.75) is 12.8 Å². The molecule has 99 valence electrons. The SMILES string of the molecule is FC(F)(F)COCc1c[c]cc(-c2ccccc2)c1. The molecule has 0 atom stereocenters. The number of alkyl halides is 3. The summed E-state index contributed by atoms with van der Waals surface area (Å²) in [7, 11) is 0. The highest BCUT2D eigenvalue weighted by Gasteiger charge is 2.27. The predicted molar refractivity (Wildman–Crippen MR) is 66.4 cm³/mol. The van der Waals surface area contributed by atoms with Crippen molar-refractivity contribution < 1.29 is 17.9 Å². The number of benzene rings is 2. The van der Waals surface area contributed by atoms with Crippen LogP contribution in [-0.4, -0.2) is 12.8 Å². The summed E-state index contributed by atoms with van der Waals surface area (Å²) in [6.45, 7) is -1.31. The molecule has 4 heteroatoms. The fraction of sp³-hybridized carbons (Fsp3) is 0.200. The van der Waals surface area contributed by atoms with E-state index in [1.807, 2.05) is 36.4 Å². The van der Waals surface area contributed by atoms with Crippen molar-refractivity contribution in [3.63, 3.8) is 0 Å². The lowest BCUT2D eigenvalue weighted by atomic mass is 10.0. The van der Waals surface area contributed by atoms with Crippen molar-refractivity contribution in [3.05, 3.63) is 60.2 Å². The summed E-state index contributed by atoms with van der Waals surface area (Å²) < 4.78 is 40.5. The largest absolute Gasteiger partial charge is 0.411 e. The lowest BCUT2D eigenvalue weighted by molar-refractivity contribution is -0.176. The molecule has 0 saturated carbocycles. The molecular weight excluding hydrogens is 253 g/mol. The normalized spacial score (nSPS) is 11.5. The van der Waals surface area contributed by atoms with Gasteiger partial charge in [0.25, 0.3) is 0 Å². The van der Waals surface area contributed by atoms with E-state index in [0.29, 0.717) is 5.56 Å². The summed E-state index contributed by atoms with van der Waals surface area (Å²) in [6, 6.07) is 17.7. The Morgan fingerprint density at radius 3 is 2.42 bits per heavy atom. The highest BCUT2D eigenvalue weighted by atomic mass is 19.4. The molecule has 0 heterocycles. The van der Waals surface area contributed by atoms with Gasteiger partial charge in [0.1, 0.15) is 6.61 Å². The van der Waals surface area contributed by atoms with Crippen LogP contribution in [0.1, 0.15) is 5.56 Å². The Morgan fingerprint density at radius 1 is 1.00 bits per heavy atom. The van der Waals surface area contributed by atoms with Gasteiger partial charge in [0.05, 0.1) is 6.61 Å². The minimum Gasteiger partial charge on any atom is -0.367 e. The van der Waals surface area contributed by atoms with Crippen molar-refractivity contribution in [1.82, 2.24) is 0 Å². The fourth-order valence-electron chi connectivity index (χ4n) is 1.69. The van der Waals surface area contributed by atoms with E-state index in [1.54, 1.807) is 12.1 Å². The standard InChI is InChI=1S/C15H12F3O/c16-15(17,18)11-19-10-12-5-4-8-14(9-12)13-6-2-1-3-7-13/h1-3,5-9H,10-11H2. The topological polar surface area (TPSA) is 9.23 Å². The van der Waals surface area contributed by atoms with E-state index in [9.17, 15) is 13.2 Å². The molecule has 19 heavy (non-hydrogen) atoms. The van der Waals surface area contributed by atoms with Crippen molar-refractivity contribution >= 4 is 0 Å². The first-order valence-corrected chi connectivity index (χ1v) is 5.74. The lowest BCUT2D eigenvalue weighted by Gasteiger charge is -2.08. The van der Waals surface area contributed by atoms with Gasteiger partial charge < -0.3 is 4.74 Å². The molecule has 0 saturated heterocycles. The van der Waals surface area contributed by atoms with Gasteiger partial charge in [-0.3, -0.25) is 0 Å². The van der Waals surface area contributed by atoms with E-state index in [-0.39, 0.29) is 6.61 Å². The Bertz CT molecular complexity index is 520. The Morgan fingerprint density at radius 2 is 1.74 bits per heavy atom. The zero-order valence-electron chi connectivity index (χ0n) is 10.1. The summed E-state index contributed by atoms with van der Waals surface area (Å²) in [5, 5.41) is 0. The van der Waals surface area contributed by atoms with E-state index in [1.165, 1.54) is 0 Å². The van der Waals surface area contributed by atoms with Crippen LogP contribution in [0.25, 0.3) is 11.1 Å². The lowest BCUT2D eigenvalue weighted by Crippen LogP contribution is -2.16. The first-order chi connectivity index (χ1) is 9.04. The molecule has 0 aromatic heterocycles. The van der Waals surface area contributed by atoms with Crippen LogP contribution in [0.5, 0.6) is 0 Å². The van der Waals surface area contributed by atoms with E-state index < -0.39 is 12.8 Å². The molecule has 1 nitrogen and oxygen atoms in total. The number of hydrogen-bond acceptors (Lipinski definition) is 1. The van der Waals surface area contributed by atoms with Crippen LogP contribution in [0.2, 0.25) is 0 Å². The molecule has 2 aromatic rings. The first-order valence-electron chi connectivity index (χ1n) is 5.74. The molecule has 2 aromatic carbocycles. The van der Waals surface area contributed by atoms with Gasteiger partial charge in [-0.1, -0.05) is 30.3 Å². The molecule has 2 rings (SSSR count). The molecule has 0 N–H and O–H groups in total. The van der Waals surface area contributed by atoms with Gasteiger partial charge in [-0.2, -0.15) is 13.2 Å². The summed E-state index contributed by atoms with van der Waals surface area (Å²) in [6.07, 6.45) is -4.29. The molecule has 0 aliphatic carbocycles. The predicted octanol–water partition coefficient (Wildman–Crippen LogP) is 4.23. The van der Waals surface area contributed by atoms with Crippen LogP contribution in [0.15, 0.2) is 48.5 Å². The Hall–Kier alpha value is -1.81. The third-order valence-corrected chi connectivity index (χ3v) is 2.49. The van der Waals surface area contributed by atoms with Crippen molar-refractivity contribution in [3.8, 4) is 11.1 Å². The first kappa shape index (κ1) is 13.6. The van der Waals surface area contributed by atoms with E-state index in [4.69, 9.17) is 0 Å². The third kappa shape index (κ3) is 4.41. The van der Waals surface area contributed by atoms with Crippen LogP contribution < -0.4 is 0 Å². The van der Waals surface area contributed by atoms with E-state index in [2.05, 4.69) is 10.8 Å². The van der Waals surface area contributed by atoms with Crippen LogP contribution in [-0.2, 0) is 11.3 Å². The highest BCUT2D eigenvalue weighted by Crippen LogP contribution is 2.21. The fourth-order valence-corrected chi connectivity index (χ4v) is 1.69. The molecule has 0 unspecified atom stereocenters. The maximum atomic E-state index is 12.0. The molecule has 0 amide bonds. The summed E-state index contributed by atoms with van der Waals surface area (Å²) >= 11 is 0. The number of hydrogen-bond donors (Lipinski definition) is 0. The van der Waals surface area contributed by atoms with Crippen LogP contribution in [0, 0.1) is 6.07 Å². The Kier molecular flexibility index (Phi) is 4.22. The average molecular weight is 265 g/mol. The van der Waals surface area contributed by atoms with Gasteiger partial charge in [0, 0.05) is 0 Å². The van der Waals surface area contributed by atoms with Crippen LogP contribution >= 0.6 is 0 Å². The minimum atomic E-state index is -4.29. The van der Waals surface area contributed by atoms with Gasteiger partial charge in [-0.05, 0) is 41.0 Å². The van der Waals surface area contributed by atoms with Gasteiger partial charge in [0.2, 0.25) is 0 Å². The van der Waals surface area contributed by atoms with E-state index in [0.717, 1.165) is 11.1 Å². The number of ether oxygens (including phenoxy) is 1. The van der Waals surface area contributed by atoms with Gasteiger partial charge >= 0.3 is 6.18 Å². The Labute approximate surface area is 109 Å². The number of rotatable bonds is 4. The quantitative estimate of drug-likeness (QED) is 0.803. The second-order valence-corrected chi connectivity index (χ2v) is 4.10. The monoisotopic (exact) mass is 265 g/mol. The number of halogens is 3. The second-order valence-electron chi connectivity index (χ2n) is 4.10. The zero-order valence-corrected chi connectivity index (χ0v) is 10.1. The van der Waals surface area contributed by atoms with Crippen molar-refractivity contribution in [2.24, 2.45) is 0 Å². The van der Waals surface area contributed by atoms with Crippen LogP contribution in [0.4, 0.5) is 13.2 Å². The molecule has 0 spiro atoms. The van der Waals surface area contributed by atoms with Gasteiger partial charge in [0.15, 0.2) is 0 Å². The zero-order chi connectivity index (χ0) is 13.7. The smallest absolute Gasteiger partial charge is 0.367 e. The van der Waals surface area contributed by atoms with Crippen LogP contribution in [0.3, 0.4) is 0 Å². The van der Waals surface area contributed by atoms with Crippen molar-refractivity contribution in [1.29, 1.82) is 0 Å². The summed E-state index contributed by atoms with van der Waals surface area (Å²) in [5.41, 5.74) is 2.58. The molecule has 1 radical (unpaired) electrons. The van der Waals surface area contributed by atoms with E-state index >= 15 is 0 Å². The Balaban J connectivity index is 2.04. The second kappa shape index (κ2) is 5.89. The molecule has 0 bridgehead atoms. The average Bonchev–Trinajstić information content (AvgIpc) is 2.39. The highest BCUT2D eigenvalue weighted by molar-refractivity contribution is 5.63. The molecule has 0 aliphatic heterocycles. The van der Waals surface area contributed by atoms with Crippen molar-refractivity contribution in [2.75, 3.05) is 6.61 Å². The molecule has 0 aliphatic rings. The maximum Gasteiger partial charge on any atom is 0.411 e. The van der Waals surface area contributed by atoms with Gasteiger partial charge in [-0.15, -0.1) is 0 Å². The summed E-state index contributed by atoms with van der Waals surface area (Å²) in [5.74, 6) is 0. The minimum absolute atomic E-state index is 0.0727. The molecular formula is C15H12F3O. The maximum absolute atomic E-state index is 12.0. The van der Waals surface area contributed by atoms with Gasteiger partial charge in [-0.25, -0.2) is 0 Å². The summed E-state index contributed by atoms with van der Waals surface area (Å²) in [4.78, 5) is 0. The third-order valence-electron chi connectivity index (χ3n) is 2.49. The molecule has 0 fully saturated rings.